The number of rotatable bonds is 3. The normalized spacial score (nSPS) is 16.5. The molecule has 146 valence electrons. The predicted octanol–water partition coefficient (Wildman–Crippen LogP) is 7.42. The second kappa shape index (κ2) is 8.56. The summed E-state index contributed by atoms with van der Waals surface area (Å²) in [7, 11) is 0. The van der Waals surface area contributed by atoms with Crippen molar-refractivity contribution >= 4 is 3.87 Å². The van der Waals surface area contributed by atoms with Crippen molar-refractivity contribution in [1.82, 2.24) is 0 Å². The monoisotopic (exact) mass is 406 g/mol. The summed E-state index contributed by atoms with van der Waals surface area (Å²) in [5.74, 6) is 0. The fraction of sp³-hybridized carbons (Fsp3) is 0.407. The van der Waals surface area contributed by atoms with Gasteiger partial charge in [0.05, 0.1) is 0 Å². The first-order chi connectivity index (χ1) is 13.3. The molecule has 4 rings (SSSR count). The van der Waals surface area contributed by atoms with Gasteiger partial charge < -0.3 is 0 Å². The Morgan fingerprint density at radius 2 is 1.46 bits per heavy atom. The van der Waals surface area contributed by atoms with Gasteiger partial charge in [0.25, 0.3) is 0 Å². The van der Waals surface area contributed by atoms with Crippen molar-refractivity contribution in [3.63, 3.8) is 0 Å². The molecule has 0 atom stereocenters. The SMILES string of the molecule is CC1=C(C)C(C)(C)[C]([Ti][c]2cccc3c2Cc2ccccc2-3)=C1C.CCCC. The molecule has 0 saturated carbocycles. The number of hydrogen-bond donors (Lipinski definition) is 0. The first-order valence-electron chi connectivity index (χ1n) is 10.7. The zero-order valence-corrected chi connectivity index (χ0v) is 20.2. The van der Waals surface area contributed by atoms with Crippen LogP contribution in [0.4, 0.5) is 0 Å². The molecular weight excluding hydrogens is 372 g/mol. The van der Waals surface area contributed by atoms with Gasteiger partial charge in [0.2, 0.25) is 0 Å². The van der Waals surface area contributed by atoms with Crippen molar-refractivity contribution in [2.45, 2.75) is 67.7 Å². The minimum atomic E-state index is -0.296. The fourth-order valence-electron chi connectivity index (χ4n) is 4.25. The third kappa shape index (κ3) is 3.74. The maximum absolute atomic E-state index is 2.42. The molecule has 0 N–H and O–H groups in total. The molecule has 2 aromatic carbocycles. The third-order valence-corrected chi connectivity index (χ3v) is 9.78. The summed E-state index contributed by atoms with van der Waals surface area (Å²) >= 11 is -0.296. The van der Waals surface area contributed by atoms with Gasteiger partial charge >= 0.3 is 155 Å². The van der Waals surface area contributed by atoms with Crippen molar-refractivity contribution in [1.29, 1.82) is 0 Å². The first-order valence-corrected chi connectivity index (χ1v) is 12.3. The Labute approximate surface area is 181 Å². The third-order valence-electron chi connectivity index (χ3n) is 6.67. The molecule has 2 aliphatic carbocycles. The summed E-state index contributed by atoms with van der Waals surface area (Å²) < 4.78 is 3.36. The average Bonchev–Trinajstić information content (AvgIpc) is 3.15. The molecule has 0 nitrogen and oxygen atoms in total. The van der Waals surface area contributed by atoms with Gasteiger partial charge in [0.1, 0.15) is 0 Å². The van der Waals surface area contributed by atoms with Gasteiger partial charge in [-0.2, -0.15) is 0 Å². The van der Waals surface area contributed by atoms with Gasteiger partial charge in [-0.1, -0.05) is 26.7 Å². The molecule has 0 aromatic heterocycles. The minimum absolute atomic E-state index is 0.238. The van der Waals surface area contributed by atoms with E-state index in [1.807, 2.05) is 0 Å². The molecule has 0 heterocycles. The summed E-state index contributed by atoms with van der Waals surface area (Å²) in [6, 6.07) is 15.9. The van der Waals surface area contributed by atoms with Crippen LogP contribution in [0, 0.1) is 5.41 Å². The van der Waals surface area contributed by atoms with Gasteiger partial charge in [-0.15, -0.1) is 0 Å². The molecule has 0 spiro atoms. The summed E-state index contributed by atoms with van der Waals surface area (Å²) in [4.78, 5) is 0. The molecule has 2 aliphatic rings. The zero-order valence-electron chi connectivity index (χ0n) is 18.7. The quantitative estimate of drug-likeness (QED) is 0.397. The van der Waals surface area contributed by atoms with E-state index in [4.69, 9.17) is 0 Å². The zero-order chi connectivity index (χ0) is 20.5. The van der Waals surface area contributed by atoms with Crippen molar-refractivity contribution in [3.8, 4) is 11.1 Å². The summed E-state index contributed by atoms with van der Waals surface area (Å²) in [6.07, 6.45) is 3.75. The van der Waals surface area contributed by atoms with E-state index in [2.05, 4.69) is 90.9 Å². The number of unbranched alkanes of at least 4 members (excludes halogenated alkanes) is 1. The fourth-order valence-corrected chi connectivity index (χ4v) is 6.90. The molecule has 0 saturated heterocycles. The Balaban J connectivity index is 0.000000516. The molecule has 0 amide bonds. The van der Waals surface area contributed by atoms with E-state index < -0.39 is 0 Å². The van der Waals surface area contributed by atoms with Crippen LogP contribution in [0.5, 0.6) is 0 Å². The van der Waals surface area contributed by atoms with Gasteiger partial charge in [0, 0.05) is 0 Å². The molecule has 2 aromatic rings. The second-order valence-electron chi connectivity index (χ2n) is 8.67. The predicted molar refractivity (Wildman–Crippen MR) is 120 cm³/mol. The molecule has 28 heavy (non-hydrogen) atoms. The smallest absolute Gasteiger partial charge is 0.0564 e. The summed E-state index contributed by atoms with van der Waals surface area (Å²) in [5, 5.41) is 0. The Kier molecular flexibility index (Phi) is 6.52. The molecule has 1 heteroatoms. The van der Waals surface area contributed by atoms with E-state index in [0.29, 0.717) is 0 Å². The van der Waals surface area contributed by atoms with E-state index in [0.717, 1.165) is 6.42 Å². The topological polar surface area (TPSA) is 0 Å². The van der Waals surface area contributed by atoms with Crippen molar-refractivity contribution in [3.05, 3.63) is 74.2 Å². The molecule has 0 radical (unpaired) electrons. The van der Waals surface area contributed by atoms with E-state index in [-0.39, 0.29) is 24.6 Å². The van der Waals surface area contributed by atoms with Crippen LogP contribution in [-0.2, 0) is 25.6 Å². The summed E-state index contributed by atoms with van der Waals surface area (Å²) in [5.41, 5.74) is 10.9. The van der Waals surface area contributed by atoms with E-state index >= 15 is 0 Å². The number of allylic oxidation sites excluding steroid dienone is 4. The Hall–Kier alpha value is -1.37. The molecular formula is C27H34Ti. The van der Waals surface area contributed by atoms with Crippen LogP contribution in [-0.4, -0.2) is 0 Å². The van der Waals surface area contributed by atoms with Crippen LogP contribution in [0.2, 0.25) is 0 Å². The van der Waals surface area contributed by atoms with Crippen molar-refractivity contribution < 1.29 is 19.2 Å². The van der Waals surface area contributed by atoms with Gasteiger partial charge in [-0.25, -0.2) is 0 Å². The number of hydrogen-bond acceptors (Lipinski definition) is 0. The van der Waals surface area contributed by atoms with Crippen LogP contribution >= 0.6 is 0 Å². The Morgan fingerprint density at radius 1 is 0.821 bits per heavy atom. The van der Waals surface area contributed by atoms with Gasteiger partial charge in [-0.05, 0) is 0 Å². The largest absolute Gasteiger partial charge is 0.0654 e. The van der Waals surface area contributed by atoms with E-state index in [1.54, 1.807) is 24.5 Å². The first kappa shape index (κ1) is 21.3. The molecule has 0 fully saturated rings. The maximum Gasteiger partial charge on any atom is -0.0564 e. The van der Waals surface area contributed by atoms with Crippen LogP contribution in [0.3, 0.4) is 0 Å². The average molecular weight is 406 g/mol. The van der Waals surface area contributed by atoms with E-state index in [1.165, 1.54) is 35.1 Å². The van der Waals surface area contributed by atoms with E-state index in [9.17, 15) is 0 Å². The molecule has 0 bridgehead atoms. The van der Waals surface area contributed by atoms with Crippen molar-refractivity contribution in [2.75, 3.05) is 0 Å². The second-order valence-corrected chi connectivity index (χ2v) is 10.7. The van der Waals surface area contributed by atoms with Gasteiger partial charge in [0.15, 0.2) is 0 Å². The minimum Gasteiger partial charge on any atom is -0.0654 e. The van der Waals surface area contributed by atoms with Crippen molar-refractivity contribution in [2.24, 2.45) is 5.41 Å². The number of fused-ring (bicyclic) bond motifs is 3. The van der Waals surface area contributed by atoms with Crippen LogP contribution < -0.4 is 3.87 Å². The summed E-state index contributed by atoms with van der Waals surface area (Å²) in [6.45, 7) is 16.2. The molecule has 0 aliphatic heterocycles. The Morgan fingerprint density at radius 3 is 2.07 bits per heavy atom. The number of benzene rings is 2. The van der Waals surface area contributed by atoms with Crippen LogP contribution in [0.25, 0.3) is 11.1 Å². The Bertz CT molecular complexity index is 938. The standard InChI is InChI=1S/C13H9.C10H15.C4H10.Ti/c1-3-7-12-10(5-1)9-11-6-2-4-8-13(11)12;1-7-6-10(4,5)9(3)8(7)2;1-3-4-2;/h1-5,7-8H,9H2;1-5H3;3-4H2,1-2H3;. The van der Waals surface area contributed by atoms with Crippen LogP contribution in [0.1, 0.15) is 72.4 Å². The maximum atomic E-state index is 2.42. The molecule has 0 unspecified atom stereocenters. The van der Waals surface area contributed by atoms with Gasteiger partial charge in [-0.3, -0.25) is 0 Å². The van der Waals surface area contributed by atoms with Crippen LogP contribution in [0.15, 0.2) is 63.1 Å².